The minimum atomic E-state index is -3.79. The van der Waals surface area contributed by atoms with Crippen molar-refractivity contribution < 1.29 is 13.0 Å². The summed E-state index contributed by atoms with van der Waals surface area (Å²) in [5.41, 5.74) is 0. The number of nitrogens with one attached hydrogen (secondary N) is 1. The van der Waals surface area contributed by atoms with Crippen LogP contribution in [0.3, 0.4) is 0 Å². The third-order valence-electron chi connectivity index (χ3n) is 1.82. The SMILES string of the molecule is O=S(=O)(O)C[C@@H]1CCCCN1. The van der Waals surface area contributed by atoms with Gasteiger partial charge in [0.1, 0.15) is 0 Å². The van der Waals surface area contributed by atoms with Crippen LogP contribution in [0, 0.1) is 0 Å². The Morgan fingerprint density at radius 2 is 2.18 bits per heavy atom. The summed E-state index contributed by atoms with van der Waals surface area (Å²) < 4.78 is 29.3. The standard InChI is InChI=1S/C6H13NO3S/c8-11(9,10)5-6-3-1-2-4-7-6/h6-7H,1-5H2,(H,8,9,10)/t6-/m0/s1. The van der Waals surface area contributed by atoms with Gasteiger partial charge in [0.05, 0.1) is 5.75 Å². The van der Waals surface area contributed by atoms with Gasteiger partial charge in [-0.15, -0.1) is 0 Å². The maximum atomic E-state index is 10.4. The molecule has 1 aliphatic rings. The van der Waals surface area contributed by atoms with Crippen molar-refractivity contribution in [2.75, 3.05) is 12.3 Å². The molecule has 0 bridgehead atoms. The van der Waals surface area contributed by atoms with Crippen LogP contribution in [-0.2, 0) is 10.1 Å². The molecule has 5 heteroatoms. The van der Waals surface area contributed by atoms with Gasteiger partial charge in [0.2, 0.25) is 0 Å². The van der Waals surface area contributed by atoms with Crippen LogP contribution in [-0.4, -0.2) is 31.3 Å². The van der Waals surface area contributed by atoms with Gasteiger partial charge in [-0.2, -0.15) is 8.42 Å². The van der Waals surface area contributed by atoms with Crippen LogP contribution >= 0.6 is 0 Å². The average Bonchev–Trinajstić information content (AvgIpc) is 1.85. The monoisotopic (exact) mass is 179 g/mol. The Kier molecular flexibility index (Phi) is 2.86. The van der Waals surface area contributed by atoms with Crippen molar-refractivity contribution >= 4 is 10.1 Å². The molecule has 0 saturated carbocycles. The molecule has 1 heterocycles. The molecule has 11 heavy (non-hydrogen) atoms. The smallest absolute Gasteiger partial charge is 0.266 e. The van der Waals surface area contributed by atoms with Crippen molar-refractivity contribution in [1.82, 2.24) is 5.32 Å². The minimum Gasteiger partial charge on any atom is -0.313 e. The first kappa shape index (κ1) is 8.96. The van der Waals surface area contributed by atoms with Crippen LogP contribution in [0.25, 0.3) is 0 Å². The Labute approximate surface area is 66.7 Å². The highest BCUT2D eigenvalue weighted by molar-refractivity contribution is 7.85. The van der Waals surface area contributed by atoms with Gasteiger partial charge in [0, 0.05) is 6.04 Å². The van der Waals surface area contributed by atoms with Gasteiger partial charge >= 0.3 is 0 Å². The average molecular weight is 179 g/mol. The molecular weight excluding hydrogens is 166 g/mol. The molecule has 1 aliphatic heterocycles. The van der Waals surface area contributed by atoms with Crippen molar-refractivity contribution in [1.29, 1.82) is 0 Å². The van der Waals surface area contributed by atoms with Gasteiger partial charge in [-0.1, -0.05) is 6.42 Å². The second kappa shape index (κ2) is 3.51. The first-order valence-electron chi connectivity index (χ1n) is 3.76. The summed E-state index contributed by atoms with van der Waals surface area (Å²) in [6.45, 7) is 0.861. The van der Waals surface area contributed by atoms with Gasteiger partial charge in [-0.3, -0.25) is 4.55 Å². The zero-order chi connectivity index (χ0) is 8.32. The lowest BCUT2D eigenvalue weighted by Gasteiger charge is -2.21. The van der Waals surface area contributed by atoms with Crippen LogP contribution in [0.2, 0.25) is 0 Å². The summed E-state index contributed by atoms with van der Waals surface area (Å²) in [7, 11) is -3.79. The van der Waals surface area contributed by atoms with E-state index in [9.17, 15) is 8.42 Å². The van der Waals surface area contributed by atoms with Crippen molar-refractivity contribution in [3.05, 3.63) is 0 Å². The molecule has 0 unspecified atom stereocenters. The Morgan fingerprint density at radius 1 is 1.45 bits per heavy atom. The molecule has 0 spiro atoms. The molecule has 4 nitrogen and oxygen atoms in total. The fraction of sp³-hybridized carbons (Fsp3) is 1.00. The van der Waals surface area contributed by atoms with E-state index in [-0.39, 0.29) is 11.8 Å². The van der Waals surface area contributed by atoms with Gasteiger partial charge < -0.3 is 5.32 Å². The quantitative estimate of drug-likeness (QED) is 0.586. The summed E-state index contributed by atoms with van der Waals surface area (Å²) >= 11 is 0. The van der Waals surface area contributed by atoms with Crippen LogP contribution in [0.4, 0.5) is 0 Å². The molecule has 1 saturated heterocycles. The summed E-state index contributed by atoms with van der Waals surface area (Å²) in [5.74, 6) is -0.146. The van der Waals surface area contributed by atoms with Gasteiger partial charge in [-0.25, -0.2) is 0 Å². The fourth-order valence-corrected chi connectivity index (χ4v) is 2.11. The van der Waals surface area contributed by atoms with E-state index in [0.29, 0.717) is 0 Å². The highest BCUT2D eigenvalue weighted by Crippen LogP contribution is 2.07. The number of rotatable bonds is 2. The Bertz CT molecular complexity index is 206. The number of hydrogen-bond donors (Lipinski definition) is 2. The number of piperidine rings is 1. The van der Waals surface area contributed by atoms with E-state index < -0.39 is 10.1 Å². The zero-order valence-corrected chi connectivity index (χ0v) is 7.10. The molecule has 1 fully saturated rings. The van der Waals surface area contributed by atoms with E-state index in [4.69, 9.17) is 4.55 Å². The van der Waals surface area contributed by atoms with Crippen LogP contribution in [0.5, 0.6) is 0 Å². The Hall–Kier alpha value is -0.130. The zero-order valence-electron chi connectivity index (χ0n) is 6.28. The minimum absolute atomic E-state index is 0.0428. The lowest BCUT2D eigenvalue weighted by atomic mass is 10.1. The summed E-state index contributed by atoms with van der Waals surface area (Å²) in [6, 6.07) is -0.0428. The molecule has 0 aromatic heterocycles. The second-order valence-corrected chi connectivity index (χ2v) is 4.39. The molecule has 0 aromatic carbocycles. The van der Waals surface area contributed by atoms with Crippen LogP contribution in [0.15, 0.2) is 0 Å². The van der Waals surface area contributed by atoms with Crippen LogP contribution < -0.4 is 5.32 Å². The van der Waals surface area contributed by atoms with Crippen molar-refractivity contribution in [3.63, 3.8) is 0 Å². The molecule has 0 radical (unpaired) electrons. The molecule has 0 amide bonds. The topological polar surface area (TPSA) is 66.4 Å². The van der Waals surface area contributed by atoms with Crippen molar-refractivity contribution in [2.24, 2.45) is 0 Å². The molecule has 2 N–H and O–H groups in total. The third-order valence-corrected chi connectivity index (χ3v) is 2.65. The van der Waals surface area contributed by atoms with E-state index >= 15 is 0 Å². The maximum absolute atomic E-state index is 10.4. The van der Waals surface area contributed by atoms with E-state index in [1.54, 1.807) is 0 Å². The highest BCUT2D eigenvalue weighted by Gasteiger charge is 2.18. The van der Waals surface area contributed by atoms with Gasteiger partial charge in [-0.05, 0) is 19.4 Å². The van der Waals surface area contributed by atoms with E-state index in [0.717, 1.165) is 25.8 Å². The highest BCUT2D eigenvalue weighted by atomic mass is 32.2. The molecule has 0 aliphatic carbocycles. The van der Waals surface area contributed by atoms with E-state index in [1.807, 2.05) is 0 Å². The van der Waals surface area contributed by atoms with Gasteiger partial charge in [0.15, 0.2) is 0 Å². The first-order valence-corrected chi connectivity index (χ1v) is 5.37. The molecule has 1 rings (SSSR count). The summed E-state index contributed by atoms with van der Waals surface area (Å²) in [6.07, 6.45) is 2.99. The van der Waals surface area contributed by atoms with E-state index in [2.05, 4.69) is 5.32 Å². The summed E-state index contributed by atoms with van der Waals surface area (Å²) in [4.78, 5) is 0. The van der Waals surface area contributed by atoms with Gasteiger partial charge in [0.25, 0.3) is 10.1 Å². The fourth-order valence-electron chi connectivity index (χ4n) is 1.32. The lowest BCUT2D eigenvalue weighted by molar-refractivity contribution is 0.408. The largest absolute Gasteiger partial charge is 0.313 e. The number of hydrogen-bond acceptors (Lipinski definition) is 3. The normalized spacial score (nSPS) is 26.8. The van der Waals surface area contributed by atoms with E-state index in [1.165, 1.54) is 0 Å². The first-order chi connectivity index (χ1) is 5.08. The molecular formula is C6H13NO3S. The molecule has 66 valence electrons. The molecule has 0 aromatic rings. The predicted octanol–water partition coefficient (Wildman–Crippen LogP) is 0.0163. The third kappa shape index (κ3) is 3.69. The second-order valence-electron chi connectivity index (χ2n) is 2.90. The summed E-state index contributed by atoms with van der Waals surface area (Å²) in [5, 5.41) is 3.04. The van der Waals surface area contributed by atoms with Crippen LogP contribution in [0.1, 0.15) is 19.3 Å². The predicted molar refractivity (Wildman–Crippen MR) is 42.1 cm³/mol. The Morgan fingerprint density at radius 3 is 2.64 bits per heavy atom. The maximum Gasteiger partial charge on any atom is 0.266 e. The van der Waals surface area contributed by atoms with Crippen molar-refractivity contribution in [2.45, 2.75) is 25.3 Å². The van der Waals surface area contributed by atoms with Crippen molar-refractivity contribution in [3.8, 4) is 0 Å². The Balaban J connectivity index is 2.36. The lowest BCUT2D eigenvalue weighted by Crippen LogP contribution is -2.39. The molecule has 1 atom stereocenters.